The highest BCUT2D eigenvalue weighted by molar-refractivity contribution is 5.90. The first-order valence-corrected chi connectivity index (χ1v) is 4.37. The SMILES string of the molecule is Nc1ncnc2cc3c(cc12)OC=CO3. The lowest BCUT2D eigenvalue weighted by Crippen LogP contribution is -1.98. The van der Waals surface area contributed by atoms with E-state index in [9.17, 15) is 0 Å². The van der Waals surface area contributed by atoms with Gasteiger partial charge in [0, 0.05) is 11.5 Å². The average molecular weight is 201 g/mol. The van der Waals surface area contributed by atoms with E-state index in [1.54, 1.807) is 12.1 Å². The molecule has 0 spiro atoms. The van der Waals surface area contributed by atoms with Gasteiger partial charge in [-0.25, -0.2) is 9.97 Å². The molecule has 0 unspecified atom stereocenters. The molecule has 1 aromatic carbocycles. The Morgan fingerprint density at radius 1 is 1.00 bits per heavy atom. The van der Waals surface area contributed by atoms with Gasteiger partial charge in [0.2, 0.25) is 0 Å². The highest BCUT2D eigenvalue weighted by Crippen LogP contribution is 2.35. The van der Waals surface area contributed by atoms with Crippen LogP contribution in [0.3, 0.4) is 0 Å². The van der Waals surface area contributed by atoms with E-state index >= 15 is 0 Å². The van der Waals surface area contributed by atoms with Crippen molar-refractivity contribution in [1.29, 1.82) is 0 Å². The van der Waals surface area contributed by atoms with Crippen LogP contribution in [0.1, 0.15) is 0 Å². The number of nitrogens with two attached hydrogens (primary N) is 1. The van der Waals surface area contributed by atoms with E-state index in [4.69, 9.17) is 15.2 Å². The van der Waals surface area contributed by atoms with Gasteiger partial charge in [-0.2, -0.15) is 0 Å². The highest BCUT2D eigenvalue weighted by atomic mass is 16.5. The summed E-state index contributed by atoms with van der Waals surface area (Å²) in [5.74, 6) is 1.68. The number of anilines is 1. The number of nitrogens with zero attached hydrogens (tertiary/aromatic N) is 2. The summed E-state index contributed by atoms with van der Waals surface area (Å²) in [7, 11) is 0. The third-order valence-electron chi connectivity index (χ3n) is 2.18. The van der Waals surface area contributed by atoms with E-state index in [0.29, 0.717) is 17.3 Å². The van der Waals surface area contributed by atoms with Gasteiger partial charge < -0.3 is 15.2 Å². The number of benzene rings is 1. The molecule has 0 radical (unpaired) electrons. The Morgan fingerprint density at radius 3 is 2.53 bits per heavy atom. The Labute approximate surface area is 85.2 Å². The summed E-state index contributed by atoms with van der Waals surface area (Å²) < 4.78 is 10.5. The van der Waals surface area contributed by atoms with Crippen LogP contribution in [-0.4, -0.2) is 9.97 Å². The molecule has 1 aliphatic rings. The summed E-state index contributed by atoms with van der Waals surface area (Å²) in [5, 5.41) is 0.759. The van der Waals surface area contributed by atoms with Gasteiger partial charge in [0.15, 0.2) is 11.5 Å². The van der Waals surface area contributed by atoms with Crippen LogP contribution in [0.2, 0.25) is 0 Å². The molecule has 0 bridgehead atoms. The van der Waals surface area contributed by atoms with Crippen molar-refractivity contribution in [2.75, 3.05) is 5.73 Å². The number of hydrogen-bond acceptors (Lipinski definition) is 5. The summed E-state index contributed by atoms with van der Waals surface area (Å²) in [5.41, 5.74) is 6.46. The maximum atomic E-state index is 5.72. The molecular formula is C10H7N3O2. The molecule has 2 heterocycles. The Morgan fingerprint density at radius 2 is 1.73 bits per heavy atom. The number of ether oxygens (including phenoxy) is 2. The second-order valence-corrected chi connectivity index (χ2v) is 3.08. The number of rotatable bonds is 0. The van der Waals surface area contributed by atoms with E-state index < -0.39 is 0 Å². The summed E-state index contributed by atoms with van der Waals surface area (Å²) in [6.07, 6.45) is 4.36. The van der Waals surface area contributed by atoms with E-state index in [-0.39, 0.29) is 0 Å². The Hall–Kier alpha value is -2.30. The van der Waals surface area contributed by atoms with Gasteiger partial charge >= 0.3 is 0 Å². The van der Waals surface area contributed by atoms with Gasteiger partial charge in [-0.05, 0) is 6.07 Å². The molecule has 1 aromatic heterocycles. The lowest BCUT2D eigenvalue weighted by Gasteiger charge is -2.12. The quantitative estimate of drug-likeness (QED) is 0.698. The number of aromatic nitrogens is 2. The minimum atomic E-state index is 0.431. The molecule has 0 atom stereocenters. The predicted octanol–water partition coefficient (Wildman–Crippen LogP) is 1.45. The van der Waals surface area contributed by atoms with Crippen LogP contribution in [0.4, 0.5) is 5.82 Å². The molecule has 0 saturated heterocycles. The molecule has 74 valence electrons. The van der Waals surface area contributed by atoms with Crippen molar-refractivity contribution in [2.45, 2.75) is 0 Å². The topological polar surface area (TPSA) is 70.3 Å². The van der Waals surface area contributed by atoms with Crippen molar-refractivity contribution in [3.63, 3.8) is 0 Å². The van der Waals surface area contributed by atoms with Gasteiger partial charge in [0.05, 0.1) is 5.52 Å². The zero-order valence-electron chi connectivity index (χ0n) is 7.68. The van der Waals surface area contributed by atoms with E-state index in [1.165, 1.54) is 18.9 Å². The molecule has 3 rings (SSSR count). The molecule has 0 amide bonds. The number of hydrogen-bond donors (Lipinski definition) is 1. The fourth-order valence-corrected chi connectivity index (χ4v) is 1.47. The van der Waals surface area contributed by atoms with Crippen LogP contribution in [0.25, 0.3) is 10.9 Å². The first-order valence-electron chi connectivity index (χ1n) is 4.37. The van der Waals surface area contributed by atoms with Crippen LogP contribution in [-0.2, 0) is 0 Å². The fraction of sp³-hybridized carbons (Fsp3) is 0. The zero-order valence-corrected chi connectivity index (χ0v) is 7.68. The van der Waals surface area contributed by atoms with Crippen molar-refractivity contribution in [3.05, 3.63) is 31.0 Å². The minimum absolute atomic E-state index is 0.431. The summed E-state index contributed by atoms with van der Waals surface area (Å²) in [4.78, 5) is 8.01. The summed E-state index contributed by atoms with van der Waals surface area (Å²) in [6, 6.07) is 3.54. The van der Waals surface area contributed by atoms with Crippen LogP contribution >= 0.6 is 0 Å². The Kier molecular flexibility index (Phi) is 1.53. The first-order chi connectivity index (χ1) is 7.34. The maximum absolute atomic E-state index is 5.72. The standard InChI is InChI=1S/C10H7N3O2/c11-10-6-3-8-9(15-2-1-14-8)4-7(6)12-5-13-10/h1-5H,(H2,11,12,13). The molecule has 0 saturated carbocycles. The second-order valence-electron chi connectivity index (χ2n) is 3.08. The predicted molar refractivity (Wildman–Crippen MR) is 54.3 cm³/mol. The minimum Gasteiger partial charge on any atom is -0.458 e. The zero-order chi connectivity index (χ0) is 10.3. The van der Waals surface area contributed by atoms with Crippen LogP contribution in [0.15, 0.2) is 31.0 Å². The largest absolute Gasteiger partial charge is 0.458 e. The molecule has 0 aliphatic carbocycles. The molecule has 5 heteroatoms. The first kappa shape index (κ1) is 8.05. The highest BCUT2D eigenvalue weighted by Gasteiger charge is 2.11. The van der Waals surface area contributed by atoms with Crippen molar-refractivity contribution >= 4 is 16.7 Å². The molecule has 2 N–H and O–H groups in total. The smallest absolute Gasteiger partial charge is 0.171 e. The van der Waals surface area contributed by atoms with Gasteiger partial charge in [0.1, 0.15) is 24.7 Å². The van der Waals surface area contributed by atoms with Gasteiger partial charge in [-0.1, -0.05) is 0 Å². The lowest BCUT2D eigenvalue weighted by atomic mass is 10.2. The monoisotopic (exact) mass is 201 g/mol. The van der Waals surface area contributed by atoms with Crippen LogP contribution < -0.4 is 15.2 Å². The maximum Gasteiger partial charge on any atom is 0.171 e. The normalized spacial score (nSPS) is 13.1. The second kappa shape index (κ2) is 2.84. The average Bonchev–Trinajstić information content (AvgIpc) is 2.27. The van der Waals surface area contributed by atoms with Gasteiger partial charge in [-0.3, -0.25) is 0 Å². The number of nitrogen functional groups attached to an aromatic ring is 1. The third kappa shape index (κ3) is 1.17. The molecule has 1 aliphatic heterocycles. The summed E-state index contributed by atoms with van der Waals surface area (Å²) in [6.45, 7) is 0. The van der Waals surface area contributed by atoms with Crippen molar-refractivity contribution in [3.8, 4) is 11.5 Å². The van der Waals surface area contributed by atoms with Crippen molar-refractivity contribution in [1.82, 2.24) is 9.97 Å². The fourth-order valence-electron chi connectivity index (χ4n) is 1.47. The van der Waals surface area contributed by atoms with E-state index in [1.807, 2.05) is 0 Å². The molecule has 5 nitrogen and oxygen atoms in total. The Bertz CT molecular complexity index is 566. The summed E-state index contributed by atoms with van der Waals surface area (Å²) >= 11 is 0. The Balaban J connectivity index is 2.33. The van der Waals surface area contributed by atoms with E-state index in [2.05, 4.69) is 9.97 Å². The third-order valence-corrected chi connectivity index (χ3v) is 2.18. The lowest BCUT2D eigenvalue weighted by molar-refractivity contribution is 0.362. The number of fused-ring (bicyclic) bond motifs is 2. The van der Waals surface area contributed by atoms with Crippen LogP contribution in [0, 0.1) is 0 Å². The van der Waals surface area contributed by atoms with Gasteiger partial charge in [-0.15, -0.1) is 0 Å². The molecular weight excluding hydrogens is 194 g/mol. The molecule has 2 aromatic rings. The molecule has 15 heavy (non-hydrogen) atoms. The van der Waals surface area contributed by atoms with E-state index in [0.717, 1.165) is 10.9 Å². The van der Waals surface area contributed by atoms with Crippen molar-refractivity contribution < 1.29 is 9.47 Å². The van der Waals surface area contributed by atoms with Crippen molar-refractivity contribution in [2.24, 2.45) is 0 Å². The molecule has 0 fully saturated rings. The van der Waals surface area contributed by atoms with Gasteiger partial charge in [0.25, 0.3) is 0 Å². The van der Waals surface area contributed by atoms with Crippen LogP contribution in [0.5, 0.6) is 11.5 Å².